The summed E-state index contributed by atoms with van der Waals surface area (Å²) in [5.41, 5.74) is 0. The van der Waals surface area contributed by atoms with Crippen molar-refractivity contribution < 1.29 is 9.13 Å². The molecular weight excluding hydrogens is 267 g/mol. The fourth-order valence-corrected chi connectivity index (χ4v) is 1.61. The quantitative estimate of drug-likeness (QED) is 0.760. The third-order valence-corrected chi connectivity index (χ3v) is 2.99. The molecule has 78 valence electrons. The zero-order chi connectivity index (χ0) is 10.4. The molecule has 0 N–H and O–H groups in total. The van der Waals surface area contributed by atoms with E-state index < -0.39 is 0 Å². The van der Waals surface area contributed by atoms with Gasteiger partial charge in [-0.05, 0) is 46.5 Å². The molecule has 1 nitrogen and oxygen atoms in total. The highest BCUT2D eigenvalue weighted by atomic mass is 79.9. The molecule has 1 aromatic carbocycles. The standard InChI is InChI=1S/C10H12BrFOS/c1-14-6-2-5-13-8-3-4-9(11)10(12)7-8/h3-4,7H,2,5-6H2,1H3. The molecule has 0 amide bonds. The predicted molar refractivity (Wildman–Crippen MR) is 62.6 cm³/mol. The maximum Gasteiger partial charge on any atom is 0.141 e. The van der Waals surface area contributed by atoms with Crippen LogP contribution in [0.4, 0.5) is 4.39 Å². The number of hydrogen-bond donors (Lipinski definition) is 0. The Hall–Kier alpha value is -0.220. The minimum atomic E-state index is -0.285. The van der Waals surface area contributed by atoms with Gasteiger partial charge in [-0.15, -0.1) is 0 Å². The zero-order valence-corrected chi connectivity index (χ0v) is 10.3. The second-order valence-electron chi connectivity index (χ2n) is 2.77. The lowest BCUT2D eigenvalue weighted by Crippen LogP contribution is -1.98. The third kappa shape index (κ3) is 3.88. The molecule has 0 saturated carbocycles. The van der Waals surface area contributed by atoms with Crippen LogP contribution in [0.3, 0.4) is 0 Å². The second-order valence-corrected chi connectivity index (χ2v) is 4.61. The van der Waals surface area contributed by atoms with Gasteiger partial charge in [0.1, 0.15) is 11.6 Å². The molecule has 0 bridgehead atoms. The van der Waals surface area contributed by atoms with Gasteiger partial charge in [0.25, 0.3) is 0 Å². The number of thioether (sulfide) groups is 1. The van der Waals surface area contributed by atoms with Crippen molar-refractivity contribution >= 4 is 27.7 Å². The molecular formula is C10H12BrFOS. The van der Waals surface area contributed by atoms with E-state index in [2.05, 4.69) is 22.2 Å². The zero-order valence-electron chi connectivity index (χ0n) is 7.93. The first-order valence-corrected chi connectivity index (χ1v) is 6.49. The van der Waals surface area contributed by atoms with Crippen LogP contribution in [-0.2, 0) is 0 Å². The normalized spacial score (nSPS) is 10.2. The number of benzene rings is 1. The Balaban J connectivity index is 2.39. The summed E-state index contributed by atoms with van der Waals surface area (Å²) in [6, 6.07) is 4.80. The highest BCUT2D eigenvalue weighted by Gasteiger charge is 2.00. The second kappa shape index (κ2) is 6.30. The van der Waals surface area contributed by atoms with E-state index in [0.29, 0.717) is 16.8 Å². The van der Waals surface area contributed by atoms with Crippen molar-refractivity contribution in [2.75, 3.05) is 18.6 Å². The van der Waals surface area contributed by atoms with E-state index in [1.807, 2.05) is 0 Å². The van der Waals surface area contributed by atoms with Crippen LogP contribution < -0.4 is 4.74 Å². The summed E-state index contributed by atoms with van der Waals surface area (Å²) in [6.45, 7) is 0.641. The summed E-state index contributed by atoms with van der Waals surface area (Å²) >= 11 is 4.87. The maximum atomic E-state index is 13.0. The highest BCUT2D eigenvalue weighted by molar-refractivity contribution is 9.10. The van der Waals surface area contributed by atoms with Gasteiger partial charge in [-0.1, -0.05) is 0 Å². The lowest BCUT2D eigenvalue weighted by atomic mass is 10.3. The molecule has 0 aliphatic heterocycles. The smallest absolute Gasteiger partial charge is 0.141 e. The molecule has 0 aromatic heterocycles. The van der Waals surface area contributed by atoms with E-state index in [1.165, 1.54) is 6.07 Å². The van der Waals surface area contributed by atoms with E-state index in [0.717, 1.165) is 12.2 Å². The van der Waals surface area contributed by atoms with E-state index in [9.17, 15) is 4.39 Å². The van der Waals surface area contributed by atoms with Gasteiger partial charge in [0.05, 0.1) is 11.1 Å². The van der Waals surface area contributed by atoms with Crippen LogP contribution >= 0.6 is 27.7 Å². The molecule has 1 rings (SSSR count). The van der Waals surface area contributed by atoms with Crippen molar-refractivity contribution in [3.63, 3.8) is 0 Å². The molecule has 14 heavy (non-hydrogen) atoms. The Bertz CT molecular complexity index is 293. The molecule has 0 saturated heterocycles. The first-order valence-electron chi connectivity index (χ1n) is 4.31. The first-order chi connectivity index (χ1) is 6.74. The predicted octanol–water partition coefficient (Wildman–Crippen LogP) is 3.72. The molecule has 0 heterocycles. The van der Waals surface area contributed by atoms with Crippen molar-refractivity contribution in [1.29, 1.82) is 0 Å². The Labute approximate surface area is 96.2 Å². The molecule has 0 aliphatic rings. The van der Waals surface area contributed by atoms with Crippen LogP contribution in [0, 0.1) is 5.82 Å². The molecule has 0 aliphatic carbocycles. The van der Waals surface area contributed by atoms with Crippen LogP contribution in [0.25, 0.3) is 0 Å². The molecule has 4 heteroatoms. The summed E-state index contributed by atoms with van der Waals surface area (Å²) in [5.74, 6) is 1.37. The average molecular weight is 279 g/mol. The van der Waals surface area contributed by atoms with Crippen molar-refractivity contribution in [2.24, 2.45) is 0 Å². The Morgan fingerprint density at radius 3 is 2.93 bits per heavy atom. The van der Waals surface area contributed by atoms with Gasteiger partial charge in [-0.25, -0.2) is 4.39 Å². The molecule has 0 fully saturated rings. The van der Waals surface area contributed by atoms with E-state index in [4.69, 9.17) is 4.74 Å². The van der Waals surface area contributed by atoms with Crippen molar-refractivity contribution in [3.05, 3.63) is 28.5 Å². The maximum absolute atomic E-state index is 13.0. The summed E-state index contributed by atoms with van der Waals surface area (Å²) in [7, 11) is 0. The van der Waals surface area contributed by atoms with Crippen LogP contribution in [0.1, 0.15) is 6.42 Å². The summed E-state index contributed by atoms with van der Waals surface area (Å²) in [6.07, 6.45) is 3.04. The number of halogens is 2. The number of hydrogen-bond acceptors (Lipinski definition) is 2. The van der Waals surface area contributed by atoms with Crippen LogP contribution in [-0.4, -0.2) is 18.6 Å². The Morgan fingerprint density at radius 1 is 1.50 bits per heavy atom. The van der Waals surface area contributed by atoms with E-state index >= 15 is 0 Å². The van der Waals surface area contributed by atoms with E-state index in [-0.39, 0.29) is 5.82 Å². The van der Waals surface area contributed by atoms with Crippen molar-refractivity contribution in [1.82, 2.24) is 0 Å². The lowest BCUT2D eigenvalue weighted by molar-refractivity contribution is 0.317. The van der Waals surface area contributed by atoms with Gasteiger partial charge >= 0.3 is 0 Å². The number of rotatable bonds is 5. The topological polar surface area (TPSA) is 9.23 Å². The largest absolute Gasteiger partial charge is 0.493 e. The van der Waals surface area contributed by atoms with Gasteiger partial charge in [0.15, 0.2) is 0 Å². The third-order valence-electron chi connectivity index (χ3n) is 1.65. The average Bonchev–Trinajstić information content (AvgIpc) is 2.18. The molecule has 0 radical (unpaired) electrons. The van der Waals surface area contributed by atoms with E-state index in [1.54, 1.807) is 23.9 Å². The fourth-order valence-electron chi connectivity index (χ4n) is 0.960. The van der Waals surface area contributed by atoms with Crippen LogP contribution in [0.2, 0.25) is 0 Å². The first kappa shape index (κ1) is 11.9. The van der Waals surface area contributed by atoms with Crippen molar-refractivity contribution in [3.8, 4) is 5.75 Å². The molecule has 0 spiro atoms. The minimum absolute atomic E-state index is 0.285. The van der Waals surface area contributed by atoms with Gasteiger partial charge in [-0.3, -0.25) is 0 Å². The van der Waals surface area contributed by atoms with Gasteiger partial charge < -0.3 is 4.74 Å². The van der Waals surface area contributed by atoms with Gasteiger partial charge in [-0.2, -0.15) is 11.8 Å². The lowest BCUT2D eigenvalue weighted by Gasteiger charge is -2.05. The minimum Gasteiger partial charge on any atom is -0.493 e. The van der Waals surface area contributed by atoms with Gasteiger partial charge in [0.2, 0.25) is 0 Å². The molecule has 0 atom stereocenters. The number of ether oxygens (including phenoxy) is 1. The summed E-state index contributed by atoms with van der Waals surface area (Å²) in [5, 5.41) is 0. The SMILES string of the molecule is CSCCCOc1ccc(Br)c(F)c1. The van der Waals surface area contributed by atoms with Gasteiger partial charge in [0, 0.05) is 6.07 Å². The summed E-state index contributed by atoms with van der Waals surface area (Å²) < 4.78 is 18.9. The summed E-state index contributed by atoms with van der Waals surface area (Å²) in [4.78, 5) is 0. The molecule has 0 unspecified atom stereocenters. The van der Waals surface area contributed by atoms with Crippen LogP contribution in [0.15, 0.2) is 22.7 Å². The van der Waals surface area contributed by atoms with Crippen LogP contribution in [0.5, 0.6) is 5.75 Å². The Morgan fingerprint density at radius 2 is 2.29 bits per heavy atom. The highest BCUT2D eigenvalue weighted by Crippen LogP contribution is 2.20. The van der Waals surface area contributed by atoms with Crippen molar-refractivity contribution in [2.45, 2.75) is 6.42 Å². The molecule has 1 aromatic rings. The monoisotopic (exact) mass is 278 g/mol. The Kier molecular flexibility index (Phi) is 5.33. The fraction of sp³-hybridized carbons (Fsp3) is 0.400.